The summed E-state index contributed by atoms with van der Waals surface area (Å²) >= 11 is 0. The number of nitrogens with one attached hydrogen (secondary N) is 1. The standard InChI is InChI=1S/C8H7NO.W.Y/c10-8-7-4-2-1-3-6(7)5-9-8;;/h1-4H,5H2,(H,9,10);;. The Balaban J connectivity index is 0.000000605. The van der Waals surface area contributed by atoms with Crippen molar-refractivity contribution < 1.29 is 58.6 Å². The van der Waals surface area contributed by atoms with Gasteiger partial charge in [-0.1, -0.05) is 18.2 Å². The van der Waals surface area contributed by atoms with Crippen molar-refractivity contribution in [3.63, 3.8) is 0 Å². The van der Waals surface area contributed by atoms with Gasteiger partial charge in [0.2, 0.25) is 0 Å². The quantitative estimate of drug-likeness (QED) is 0.683. The summed E-state index contributed by atoms with van der Waals surface area (Å²) < 4.78 is 0. The Labute approximate surface area is 111 Å². The molecule has 0 fully saturated rings. The van der Waals surface area contributed by atoms with Crippen LogP contribution in [0.1, 0.15) is 15.9 Å². The van der Waals surface area contributed by atoms with Gasteiger partial charge in [-0.3, -0.25) is 4.79 Å². The van der Waals surface area contributed by atoms with E-state index in [0.717, 1.165) is 11.1 Å². The predicted molar refractivity (Wildman–Crippen MR) is 37.6 cm³/mol. The third kappa shape index (κ3) is 2.25. The Morgan fingerprint density at radius 3 is 2.58 bits per heavy atom. The fourth-order valence-electron chi connectivity index (χ4n) is 1.17. The number of hydrogen-bond acceptors (Lipinski definition) is 1. The number of hydrogen-bond donors (Lipinski definition) is 1. The monoisotopic (exact) mass is 406 g/mol. The van der Waals surface area contributed by atoms with Crippen LogP contribution in [0.3, 0.4) is 0 Å². The Hall–Kier alpha value is 0.482. The van der Waals surface area contributed by atoms with Crippen molar-refractivity contribution in [1.82, 2.24) is 5.32 Å². The predicted octanol–water partition coefficient (Wildman–Crippen LogP) is 0.925. The molecule has 1 N–H and O–H groups in total. The molecule has 12 heavy (non-hydrogen) atoms. The molecule has 1 amide bonds. The molecule has 0 aliphatic carbocycles. The maximum Gasteiger partial charge on any atom is 0.251 e. The van der Waals surface area contributed by atoms with Gasteiger partial charge in [0.05, 0.1) is 0 Å². The molecule has 0 unspecified atom stereocenters. The van der Waals surface area contributed by atoms with Gasteiger partial charge in [0.1, 0.15) is 0 Å². The second kappa shape index (κ2) is 5.26. The largest absolute Gasteiger partial charge is 0.348 e. The van der Waals surface area contributed by atoms with E-state index in [0.29, 0.717) is 6.54 Å². The third-order valence-corrected chi connectivity index (χ3v) is 1.70. The van der Waals surface area contributed by atoms with Crippen molar-refractivity contribution in [2.24, 2.45) is 0 Å². The number of rotatable bonds is 0. The first kappa shape index (κ1) is 12.5. The van der Waals surface area contributed by atoms with Crippen LogP contribution in [0.4, 0.5) is 0 Å². The Morgan fingerprint density at radius 2 is 1.92 bits per heavy atom. The number of carbonyl (C=O) groups excluding carboxylic acids is 1. The molecule has 0 bridgehead atoms. The fourth-order valence-corrected chi connectivity index (χ4v) is 1.17. The normalized spacial score (nSPS) is 12.2. The molecule has 59 valence electrons. The van der Waals surface area contributed by atoms with E-state index in [1.807, 2.05) is 24.3 Å². The van der Waals surface area contributed by atoms with E-state index in [4.69, 9.17) is 0 Å². The molecule has 2 nitrogen and oxygen atoms in total. The minimum absolute atomic E-state index is 0. The first-order valence-electron chi connectivity index (χ1n) is 3.24. The molecule has 1 aromatic carbocycles. The van der Waals surface area contributed by atoms with Gasteiger partial charge < -0.3 is 5.32 Å². The van der Waals surface area contributed by atoms with E-state index in [-0.39, 0.29) is 59.7 Å². The topological polar surface area (TPSA) is 29.1 Å². The van der Waals surface area contributed by atoms with E-state index >= 15 is 0 Å². The summed E-state index contributed by atoms with van der Waals surface area (Å²) in [6, 6.07) is 7.63. The van der Waals surface area contributed by atoms with Crippen LogP contribution in [-0.4, -0.2) is 5.91 Å². The molecule has 0 spiro atoms. The molecule has 0 saturated carbocycles. The van der Waals surface area contributed by atoms with E-state index in [2.05, 4.69) is 5.32 Å². The van der Waals surface area contributed by atoms with Gasteiger partial charge in [0, 0.05) is 65.9 Å². The molecule has 1 radical (unpaired) electrons. The first-order chi connectivity index (χ1) is 4.88. The second-order valence-electron chi connectivity index (χ2n) is 2.34. The summed E-state index contributed by atoms with van der Waals surface area (Å²) in [5, 5.41) is 2.75. The zero-order chi connectivity index (χ0) is 6.97. The summed E-state index contributed by atoms with van der Waals surface area (Å²) in [7, 11) is 0. The number of benzene rings is 1. The Kier molecular flexibility index (Phi) is 5.47. The molecule has 1 aliphatic rings. The summed E-state index contributed by atoms with van der Waals surface area (Å²) in [6.07, 6.45) is 0. The molecule has 0 saturated heterocycles. The smallest absolute Gasteiger partial charge is 0.251 e. The average Bonchev–Trinajstić information content (AvgIpc) is 2.34. The molecule has 0 atom stereocenters. The first-order valence-corrected chi connectivity index (χ1v) is 3.24. The van der Waals surface area contributed by atoms with Gasteiger partial charge in [-0.25, -0.2) is 0 Å². The summed E-state index contributed by atoms with van der Waals surface area (Å²) in [5.74, 6) is 0.0515. The van der Waals surface area contributed by atoms with E-state index in [1.165, 1.54) is 0 Å². The van der Waals surface area contributed by atoms with Gasteiger partial charge in [0.25, 0.3) is 5.91 Å². The molecule has 4 heteroatoms. The van der Waals surface area contributed by atoms with Crippen molar-refractivity contribution in [2.45, 2.75) is 6.54 Å². The van der Waals surface area contributed by atoms with Crippen LogP contribution in [0, 0.1) is 0 Å². The molecule has 1 aromatic rings. The van der Waals surface area contributed by atoms with Crippen LogP contribution in [0.15, 0.2) is 24.3 Å². The van der Waals surface area contributed by atoms with Gasteiger partial charge in [-0.15, -0.1) is 0 Å². The maximum absolute atomic E-state index is 11.0. The summed E-state index contributed by atoms with van der Waals surface area (Å²) in [4.78, 5) is 11.0. The van der Waals surface area contributed by atoms with E-state index < -0.39 is 0 Å². The molecule has 0 aromatic heterocycles. The minimum Gasteiger partial charge on any atom is -0.348 e. The van der Waals surface area contributed by atoms with E-state index in [9.17, 15) is 4.79 Å². The maximum atomic E-state index is 11.0. The third-order valence-electron chi connectivity index (χ3n) is 1.70. The molecule has 1 heterocycles. The number of amides is 1. The van der Waals surface area contributed by atoms with Crippen molar-refractivity contribution in [2.75, 3.05) is 0 Å². The zero-order valence-corrected chi connectivity index (χ0v) is 12.2. The Morgan fingerprint density at radius 1 is 1.25 bits per heavy atom. The van der Waals surface area contributed by atoms with Crippen LogP contribution in [-0.2, 0) is 60.3 Å². The Bertz CT molecular complexity index is 290. The summed E-state index contributed by atoms with van der Waals surface area (Å²) in [6.45, 7) is 0.689. The van der Waals surface area contributed by atoms with Crippen LogP contribution in [0.25, 0.3) is 0 Å². The molecule has 1 aliphatic heterocycles. The van der Waals surface area contributed by atoms with Crippen molar-refractivity contribution >= 4 is 5.91 Å². The average molecular weight is 406 g/mol. The molecule has 2 rings (SSSR count). The van der Waals surface area contributed by atoms with Crippen LogP contribution < -0.4 is 5.32 Å². The van der Waals surface area contributed by atoms with Gasteiger partial charge in [0.15, 0.2) is 0 Å². The minimum atomic E-state index is 0. The molecular weight excluding hydrogens is 399 g/mol. The summed E-state index contributed by atoms with van der Waals surface area (Å²) in [5.41, 5.74) is 1.93. The SMILES string of the molecule is O=C1NCc2ccccc21.[W].[Y]. The van der Waals surface area contributed by atoms with Gasteiger partial charge >= 0.3 is 0 Å². The van der Waals surface area contributed by atoms with Crippen molar-refractivity contribution in [3.05, 3.63) is 35.4 Å². The van der Waals surface area contributed by atoms with Gasteiger partial charge in [-0.05, 0) is 11.6 Å². The van der Waals surface area contributed by atoms with Crippen molar-refractivity contribution in [3.8, 4) is 0 Å². The number of carbonyl (C=O) groups is 1. The van der Waals surface area contributed by atoms with Crippen molar-refractivity contribution in [1.29, 1.82) is 0 Å². The second-order valence-corrected chi connectivity index (χ2v) is 2.34. The number of fused-ring (bicyclic) bond motifs is 1. The van der Waals surface area contributed by atoms with Gasteiger partial charge in [-0.2, -0.15) is 0 Å². The zero-order valence-electron chi connectivity index (χ0n) is 6.41. The van der Waals surface area contributed by atoms with Crippen LogP contribution in [0.5, 0.6) is 0 Å². The molecular formula is C8H7NOWY. The van der Waals surface area contributed by atoms with Crippen LogP contribution >= 0.6 is 0 Å². The fraction of sp³-hybridized carbons (Fsp3) is 0.125. The van der Waals surface area contributed by atoms with Crippen LogP contribution in [0.2, 0.25) is 0 Å². The van der Waals surface area contributed by atoms with E-state index in [1.54, 1.807) is 0 Å².